The number of aromatic nitrogens is 2. The van der Waals surface area contributed by atoms with Crippen LogP contribution in [-0.4, -0.2) is 21.9 Å². The molecule has 124 valence electrons. The summed E-state index contributed by atoms with van der Waals surface area (Å²) in [6.07, 6.45) is 2.49. The van der Waals surface area contributed by atoms with E-state index in [4.69, 9.17) is 4.74 Å². The minimum Gasteiger partial charge on any atom is -0.490 e. The van der Waals surface area contributed by atoms with E-state index in [2.05, 4.69) is 26.2 Å². The van der Waals surface area contributed by atoms with E-state index in [0.717, 1.165) is 15.9 Å². The minimum absolute atomic E-state index is 0.189. The van der Waals surface area contributed by atoms with E-state index >= 15 is 0 Å². The number of aryl methyl sites for hydroxylation is 1. The minimum atomic E-state index is -0.189. The van der Waals surface area contributed by atoms with Crippen molar-refractivity contribution in [1.29, 1.82) is 0 Å². The second-order valence-electron chi connectivity index (χ2n) is 5.22. The Morgan fingerprint density at radius 2 is 2.12 bits per heavy atom. The van der Waals surface area contributed by atoms with E-state index in [9.17, 15) is 4.79 Å². The molecule has 5 nitrogen and oxygen atoms in total. The second-order valence-corrected chi connectivity index (χ2v) is 6.14. The Kier molecular flexibility index (Phi) is 4.85. The van der Waals surface area contributed by atoms with Crippen LogP contribution in [0, 0.1) is 0 Å². The molecule has 0 saturated heterocycles. The number of carbonyl (C=O) groups is 1. The highest BCUT2D eigenvalue weighted by Gasteiger charge is 2.20. The first-order valence-corrected chi connectivity index (χ1v) is 8.63. The third-order valence-electron chi connectivity index (χ3n) is 3.62. The standard InChI is InChI=1S/C18H18BrN3O2/c1-3-14-16(18(23)20-13-8-5-7-12(19)11-13)22-10-6-9-15(24-4-2)17(22)21-14/h5-11H,3-4H2,1-2H3,(H,20,23). The van der Waals surface area contributed by atoms with Gasteiger partial charge >= 0.3 is 0 Å². The molecule has 0 atom stereocenters. The zero-order valence-electron chi connectivity index (χ0n) is 13.5. The van der Waals surface area contributed by atoms with Gasteiger partial charge in [0.2, 0.25) is 0 Å². The van der Waals surface area contributed by atoms with Gasteiger partial charge in [-0.05, 0) is 43.7 Å². The lowest BCUT2D eigenvalue weighted by atomic mass is 10.2. The maximum atomic E-state index is 12.8. The largest absolute Gasteiger partial charge is 0.490 e. The topological polar surface area (TPSA) is 55.6 Å². The number of hydrogen-bond donors (Lipinski definition) is 1. The van der Waals surface area contributed by atoms with Crippen LogP contribution in [0.4, 0.5) is 5.69 Å². The van der Waals surface area contributed by atoms with Crippen LogP contribution in [0.25, 0.3) is 5.65 Å². The summed E-state index contributed by atoms with van der Waals surface area (Å²) in [7, 11) is 0. The Bertz CT molecular complexity index is 889. The number of ether oxygens (including phenoxy) is 1. The number of benzene rings is 1. The van der Waals surface area contributed by atoms with Crippen molar-refractivity contribution in [2.75, 3.05) is 11.9 Å². The highest BCUT2D eigenvalue weighted by molar-refractivity contribution is 9.10. The van der Waals surface area contributed by atoms with Gasteiger partial charge < -0.3 is 10.1 Å². The van der Waals surface area contributed by atoms with Gasteiger partial charge in [-0.3, -0.25) is 9.20 Å². The molecule has 0 fully saturated rings. The van der Waals surface area contributed by atoms with Gasteiger partial charge in [-0.2, -0.15) is 0 Å². The number of hydrogen-bond acceptors (Lipinski definition) is 3. The van der Waals surface area contributed by atoms with E-state index in [0.29, 0.717) is 30.1 Å². The fourth-order valence-electron chi connectivity index (χ4n) is 2.60. The summed E-state index contributed by atoms with van der Waals surface area (Å²) in [6.45, 7) is 4.46. The number of imidazole rings is 1. The summed E-state index contributed by atoms with van der Waals surface area (Å²) in [5.41, 5.74) is 2.67. The molecule has 0 bridgehead atoms. The first-order chi connectivity index (χ1) is 11.6. The molecule has 0 aliphatic carbocycles. The normalized spacial score (nSPS) is 10.8. The third-order valence-corrected chi connectivity index (χ3v) is 4.11. The van der Waals surface area contributed by atoms with Crippen LogP contribution >= 0.6 is 15.9 Å². The number of halogens is 1. The van der Waals surface area contributed by atoms with Gasteiger partial charge in [0, 0.05) is 16.4 Å². The number of amides is 1. The molecule has 0 unspecified atom stereocenters. The molecule has 0 aliphatic rings. The lowest BCUT2D eigenvalue weighted by Crippen LogP contribution is -2.16. The summed E-state index contributed by atoms with van der Waals surface area (Å²) < 4.78 is 8.32. The van der Waals surface area contributed by atoms with E-state index in [1.54, 1.807) is 4.40 Å². The van der Waals surface area contributed by atoms with Gasteiger partial charge in [0.25, 0.3) is 5.91 Å². The molecule has 0 spiro atoms. The van der Waals surface area contributed by atoms with Crippen LogP contribution in [0.2, 0.25) is 0 Å². The molecule has 0 saturated carbocycles. The van der Waals surface area contributed by atoms with E-state index in [-0.39, 0.29) is 5.91 Å². The van der Waals surface area contributed by atoms with Crippen molar-refractivity contribution in [3.63, 3.8) is 0 Å². The van der Waals surface area contributed by atoms with Crippen LogP contribution in [-0.2, 0) is 6.42 Å². The first kappa shape index (κ1) is 16.5. The summed E-state index contributed by atoms with van der Waals surface area (Å²) >= 11 is 3.41. The van der Waals surface area contributed by atoms with Crippen molar-refractivity contribution >= 4 is 33.2 Å². The Hall–Kier alpha value is -2.34. The molecule has 1 amide bonds. The zero-order chi connectivity index (χ0) is 17.1. The molecule has 2 heterocycles. The zero-order valence-corrected chi connectivity index (χ0v) is 15.1. The Balaban J connectivity index is 2.04. The molecular formula is C18H18BrN3O2. The maximum Gasteiger partial charge on any atom is 0.274 e. The maximum absolute atomic E-state index is 12.8. The van der Waals surface area contributed by atoms with E-state index < -0.39 is 0 Å². The quantitative estimate of drug-likeness (QED) is 0.709. The predicted octanol–water partition coefficient (Wildman–Crippen LogP) is 4.31. The average molecular weight is 388 g/mol. The Labute approximate surface area is 148 Å². The van der Waals surface area contributed by atoms with Crippen molar-refractivity contribution in [3.05, 3.63) is 58.5 Å². The van der Waals surface area contributed by atoms with Gasteiger partial charge in [0.15, 0.2) is 11.4 Å². The second kappa shape index (κ2) is 7.05. The van der Waals surface area contributed by atoms with E-state index in [1.807, 2.05) is 56.4 Å². The van der Waals surface area contributed by atoms with Gasteiger partial charge in [-0.15, -0.1) is 0 Å². The fourth-order valence-corrected chi connectivity index (χ4v) is 3.00. The fraction of sp³-hybridized carbons (Fsp3) is 0.222. The third kappa shape index (κ3) is 3.14. The molecule has 3 rings (SSSR count). The molecule has 1 N–H and O–H groups in total. The van der Waals surface area contributed by atoms with Gasteiger partial charge in [0.1, 0.15) is 5.69 Å². The summed E-state index contributed by atoms with van der Waals surface area (Å²) in [5.74, 6) is 0.488. The smallest absolute Gasteiger partial charge is 0.274 e. The van der Waals surface area contributed by atoms with Gasteiger partial charge in [-0.1, -0.05) is 28.9 Å². The van der Waals surface area contributed by atoms with Crippen molar-refractivity contribution < 1.29 is 9.53 Å². The molecule has 24 heavy (non-hydrogen) atoms. The number of nitrogens with one attached hydrogen (secondary N) is 1. The Morgan fingerprint density at radius 3 is 2.83 bits per heavy atom. The lowest BCUT2D eigenvalue weighted by Gasteiger charge is -2.08. The van der Waals surface area contributed by atoms with Crippen LogP contribution in [0.3, 0.4) is 0 Å². The highest BCUT2D eigenvalue weighted by Crippen LogP contribution is 2.24. The van der Waals surface area contributed by atoms with Crippen molar-refractivity contribution in [2.45, 2.75) is 20.3 Å². The Morgan fingerprint density at radius 1 is 1.29 bits per heavy atom. The molecule has 2 aromatic heterocycles. The summed E-state index contributed by atoms with van der Waals surface area (Å²) in [4.78, 5) is 17.4. The highest BCUT2D eigenvalue weighted by atomic mass is 79.9. The summed E-state index contributed by atoms with van der Waals surface area (Å²) in [6, 6.07) is 11.2. The number of carbonyl (C=O) groups excluding carboxylic acids is 1. The molecule has 6 heteroatoms. The molecular weight excluding hydrogens is 370 g/mol. The predicted molar refractivity (Wildman–Crippen MR) is 97.8 cm³/mol. The van der Waals surface area contributed by atoms with Crippen molar-refractivity contribution in [3.8, 4) is 5.75 Å². The average Bonchev–Trinajstić information content (AvgIpc) is 2.95. The number of fused-ring (bicyclic) bond motifs is 1. The van der Waals surface area contributed by atoms with Gasteiger partial charge in [0.05, 0.1) is 12.3 Å². The molecule has 0 radical (unpaired) electrons. The van der Waals surface area contributed by atoms with Crippen LogP contribution in [0.5, 0.6) is 5.75 Å². The monoisotopic (exact) mass is 387 g/mol. The van der Waals surface area contributed by atoms with Crippen LogP contribution in [0.15, 0.2) is 47.1 Å². The SMILES string of the molecule is CCOc1cccn2c(C(=O)Nc3cccc(Br)c3)c(CC)nc12. The van der Waals surface area contributed by atoms with Gasteiger partial charge in [-0.25, -0.2) is 4.98 Å². The lowest BCUT2D eigenvalue weighted by molar-refractivity contribution is 0.102. The number of anilines is 1. The summed E-state index contributed by atoms with van der Waals surface area (Å²) in [5, 5.41) is 2.93. The number of nitrogens with zero attached hydrogens (tertiary/aromatic N) is 2. The number of rotatable bonds is 5. The molecule has 0 aliphatic heterocycles. The molecule has 1 aromatic carbocycles. The van der Waals surface area contributed by atoms with Crippen LogP contribution < -0.4 is 10.1 Å². The van der Waals surface area contributed by atoms with Crippen molar-refractivity contribution in [2.24, 2.45) is 0 Å². The van der Waals surface area contributed by atoms with E-state index in [1.165, 1.54) is 0 Å². The van der Waals surface area contributed by atoms with Crippen LogP contribution in [0.1, 0.15) is 30.0 Å². The number of pyridine rings is 1. The molecule has 3 aromatic rings. The first-order valence-electron chi connectivity index (χ1n) is 7.83. The van der Waals surface area contributed by atoms with Crippen molar-refractivity contribution in [1.82, 2.24) is 9.38 Å².